The minimum atomic E-state index is -5.08. The molecule has 1 saturated heterocycles. The van der Waals surface area contributed by atoms with E-state index >= 15 is 0 Å². The molecule has 28 heavy (non-hydrogen) atoms. The number of halogens is 3. The summed E-state index contributed by atoms with van der Waals surface area (Å²) in [7, 11) is 4.21. The number of carboxylic acids is 1. The van der Waals surface area contributed by atoms with E-state index in [4.69, 9.17) is 14.9 Å². The third-order valence-electron chi connectivity index (χ3n) is 4.17. The molecule has 0 saturated carbocycles. The number of hydrogen-bond acceptors (Lipinski definition) is 5. The van der Waals surface area contributed by atoms with Gasteiger partial charge in [0.25, 0.3) is 0 Å². The minimum Gasteiger partial charge on any atom is -0.475 e. The van der Waals surface area contributed by atoms with Crippen LogP contribution >= 0.6 is 0 Å². The van der Waals surface area contributed by atoms with Crippen LogP contribution in [0, 0.1) is 0 Å². The Labute approximate surface area is 161 Å². The quantitative estimate of drug-likeness (QED) is 0.804. The molecule has 0 spiro atoms. The number of pyridine rings is 1. The van der Waals surface area contributed by atoms with Gasteiger partial charge in [0.15, 0.2) is 0 Å². The maximum absolute atomic E-state index is 10.6. The highest BCUT2D eigenvalue weighted by atomic mass is 19.4. The lowest BCUT2D eigenvalue weighted by Gasteiger charge is -2.15. The Morgan fingerprint density at radius 2 is 2.14 bits per heavy atom. The first-order chi connectivity index (χ1) is 13.2. The van der Waals surface area contributed by atoms with Crippen LogP contribution in [0.25, 0.3) is 11.3 Å². The van der Waals surface area contributed by atoms with Crippen molar-refractivity contribution in [1.82, 2.24) is 24.8 Å². The Balaban J connectivity index is 0.000000345. The fourth-order valence-electron chi connectivity index (χ4n) is 2.75. The van der Waals surface area contributed by atoms with Gasteiger partial charge in [-0.1, -0.05) is 0 Å². The zero-order valence-electron chi connectivity index (χ0n) is 15.8. The molecule has 3 rings (SSSR count). The van der Waals surface area contributed by atoms with E-state index in [1.165, 1.54) is 12.8 Å². The van der Waals surface area contributed by atoms with Gasteiger partial charge in [-0.05, 0) is 45.6 Å². The number of rotatable bonds is 5. The number of aromatic nitrogens is 3. The van der Waals surface area contributed by atoms with Crippen molar-refractivity contribution in [2.75, 3.05) is 27.2 Å². The van der Waals surface area contributed by atoms with Crippen molar-refractivity contribution in [2.45, 2.75) is 31.6 Å². The summed E-state index contributed by atoms with van der Waals surface area (Å²) in [5.74, 6) is -1.60. The second-order valence-electron chi connectivity index (χ2n) is 6.67. The maximum atomic E-state index is 10.6. The third-order valence-corrected chi connectivity index (χ3v) is 4.17. The highest BCUT2D eigenvalue weighted by Gasteiger charge is 2.38. The van der Waals surface area contributed by atoms with Gasteiger partial charge < -0.3 is 19.9 Å². The van der Waals surface area contributed by atoms with Crippen molar-refractivity contribution in [2.24, 2.45) is 0 Å². The van der Waals surface area contributed by atoms with Gasteiger partial charge in [0.1, 0.15) is 5.82 Å². The first kappa shape index (κ1) is 21.8. The van der Waals surface area contributed by atoms with Gasteiger partial charge in [-0.2, -0.15) is 13.2 Å². The van der Waals surface area contributed by atoms with Crippen LogP contribution < -0.4 is 5.32 Å². The monoisotopic (exact) mass is 399 g/mol. The number of nitrogens with one attached hydrogen (secondary N) is 1. The molecule has 2 N–H and O–H groups in total. The first-order valence-corrected chi connectivity index (χ1v) is 8.84. The zero-order chi connectivity index (χ0) is 20.7. The number of alkyl halides is 3. The molecular weight excluding hydrogens is 375 g/mol. The summed E-state index contributed by atoms with van der Waals surface area (Å²) in [4.78, 5) is 20.2. The molecule has 1 atom stereocenters. The second-order valence-corrected chi connectivity index (χ2v) is 6.67. The Morgan fingerprint density at radius 1 is 1.43 bits per heavy atom. The van der Waals surface area contributed by atoms with Gasteiger partial charge in [-0.25, -0.2) is 9.78 Å². The highest BCUT2D eigenvalue weighted by Crippen LogP contribution is 2.26. The van der Waals surface area contributed by atoms with Crippen LogP contribution in [0.3, 0.4) is 0 Å². The predicted octanol–water partition coefficient (Wildman–Crippen LogP) is 2.56. The molecule has 0 unspecified atom stereocenters. The lowest BCUT2D eigenvalue weighted by Crippen LogP contribution is -2.22. The van der Waals surface area contributed by atoms with E-state index in [2.05, 4.69) is 46.1 Å². The molecule has 0 aliphatic carbocycles. The summed E-state index contributed by atoms with van der Waals surface area (Å²) >= 11 is 0. The molecule has 1 fully saturated rings. The van der Waals surface area contributed by atoms with Crippen molar-refractivity contribution in [3.63, 3.8) is 0 Å². The number of carboxylic acid groups (broad SMARTS) is 1. The molecule has 1 aliphatic rings. The number of hydrogen-bond donors (Lipinski definition) is 2. The van der Waals surface area contributed by atoms with Gasteiger partial charge in [-0.3, -0.25) is 4.98 Å². The van der Waals surface area contributed by atoms with E-state index in [-0.39, 0.29) is 0 Å². The predicted molar refractivity (Wildman–Crippen MR) is 97.7 cm³/mol. The topological polar surface area (TPSA) is 83.3 Å². The summed E-state index contributed by atoms with van der Waals surface area (Å²) in [5.41, 5.74) is 2.10. The smallest absolute Gasteiger partial charge is 0.475 e. The van der Waals surface area contributed by atoms with E-state index < -0.39 is 12.1 Å². The van der Waals surface area contributed by atoms with Crippen LogP contribution in [0.15, 0.2) is 30.7 Å². The fraction of sp³-hybridized carbons (Fsp3) is 0.500. The van der Waals surface area contributed by atoms with Crippen molar-refractivity contribution in [3.05, 3.63) is 36.5 Å². The lowest BCUT2D eigenvalue weighted by molar-refractivity contribution is -0.192. The molecule has 154 valence electrons. The van der Waals surface area contributed by atoms with Crippen molar-refractivity contribution in [3.8, 4) is 11.3 Å². The van der Waals surface area contributed by atoms with E-state index in [1.54, 1.807) is 6.20 Å². The summed E-state index contributed by atoms with van der Waals surface area (Å²) < 4.78 is 34.0. The summed E-state index contributed by atoms with van der Waals surface area (Å²) in [6.45, 7) is 3.07. The van der Waals surface area contributed by atoms with Crippen LogP contribution in [-0.2, 0) is 11.3 Å². The lowest BCUT2D eigenvalue weighted by atomic mass is 10.2. The Kier molecular flexibility index (Phi) is 7.53. The number of carbonyl (C=O) groups is 1. The van der Waals surface area contributed by atoms with Crippen LogP contribution in [0.5, 0.6) is 0 Å². The molecule has 1 aliphatic heterocycles. The second kappa shape index (κ2) is 9.65. The van der Waals surface area contributed by atoms with Gasteiger partial charge in [0.2, 0.25) is 0 Å². The molecule has 0 aromatic carbocycles. The number of aliphatic carboxylic acids is 1. The fourth-order valence-corrected chi connectivity index (χ4v) is 2.75. The summed E-state index contributed by atoms with van der Waals surface area (Å²) in [6, 6.07) is 4.41. The van der Waals surface area contributed by atoms with E-state index in [1.807, 2.05) is 12.3 Å². The van der Waals surface area contributed by atoms with Crippen molar-refractivity contribution >= 4 is 5.97 Å². The highest BCUT2D eigenvalue weighted by molar-refractivity contribution is 5.73. The standard InChI is InChI=1S/C16H23N5.C2HF3O2/c1-20(2)9-10-21-12-15(13-5-3-7-17-11-13)19-16(21)14-6-4-8-18-14;3-2(4,5)1(6)7/h3,5,7,11-12,14,18H,4,6,8-10H2,1-2H3;(H,6,7)/t14-;/m0./s1. The summed E-state index contributed by atoms with van der Waals surface area (Å²) in [5, 5.41) is 10.7. The Hall–Kier alpha value is -2.46. The van der Waals surface area contributed by atoms with Gasteiger partial charge in [0.05, 0.1) is 11.7 Å². The zero-order valence-corrected chi connectivity index (χ0v) is 15.8. The molecule has 2 aromatic heterocycles. The van der Waals surface area contributed by atoms with E-state index in [0.29, 0.717) is 6.04 Å². The van der Waals surface area contributed by atoms with E-state index in [0.717, 1.165) is 36.7 Å². The third kappa shape index (κ3) is 6.31. The normalized spacial score (nSPS) is 16.7. The largest absolute Gasteiger partial charge is 0.490 e. The maximum Gasteiger partial charge on any atom is 0.490 e. The van der Waals surface area contributed by atoms with Crippen LogP contribution in [-0.4, -0.2) is 63.9 Å². The molecule has 0 amide bonds. The molecule has 3 heterocycles. The van der Waals surface area contributed by atoms with Crippen LogP contribution in [0.4, 0.5) is 13.2 Å². The molecule has 0 bridgehead atoms. The first-order valence-electron chi connectivity index (χ1n) is 8.84. The molecule has 2 aromatic rings. The molecule has 0 radical (unpaired) electrons. The van der Waals surface area contributed by atoms with Gasteiger partial charge in [0, 0.05) is 37.2 Å². The Bertz CT molecular complexity index is 756. The number of nitrogens with zero attached hydrogens (tertiary/aromatic N) is 4. The number of imidazole rings is 1. The van der Waals surface area contributed by atoms with Crippen molar-refractivity contribution in [1.29, 1.82) is 0 Å². The van der Waals surface area contributed by atoms with Crippen LogP contribution in [0.2, 0.25) is 0 Å². The average Bonchev–Trinajstić information content (AvgIpc) is 3.30. The van der Waals surface area contributed by atoms with E-state index in [9.17, 15) is 13.2 Å². The Morgan fingerprint density at radius 3 is 2.64 bits per heavy atom. The average molecular weight is 399 g/mol. The SMILES string of the molecule is CN(C)CCn1cc(-c2cccnc2)nc1[C@@H]1CCCN1.O=C(O)C(F)(F)F. The number of likely N-dealkylation sites (N-methyl/N-ethyl adjacent to an activating group) is 1. The molecule has 10 heteroatoms. The summed E-state index contributed by atoms with van der Waals surface area (Å²) in [6.07, 6.45) is 3.16. The van der Waals surface area contributed by atoms with Crippen LogP contribution in [0.1, 0.15) is 24.7 Å². The minimum absolute atomic E-state index is 0.387. The van der Waals surface area contributed by atoms with Gasteiger partial charge in [-0.15, -0.1) is 0 Å². The van der Waals surface area contributed by atoms with Gasteiger partial charge >= 0.3 is 12.1 Å². The molecular formula is C18H24F3N5O2. The molecule has 7 nitrogen and oxygen atoms in total. The van der Waals surface area contributed by atoms with Crippen molar-refractivity contribution < 1.29 is 23.1 Å².